The maximum Gasteiger partial charge on any atom is 0.284 e. The number of hydrogen-bond donors (Lipinski definition) is 1. The summed E-state index contributed by atoms with van der Waals surface area (Å²) in [5.74, 6) is 0.450. The number of thioether (sulfide) groups is 1. The first-order valence-electron chi connectivity index (χ1n) is 7.11. The van der Waals surface area contributed by atoms with Crippen LogP contribution in [-0.4, -0.2) is 21.4 Å². The van der Waals surface area contributed by atoms with Gasteiger partial charge in [-0.3, -0.25) is 4.79 Å². The van der Waals surface area contributed by atoms with Crippen LogP contribution in [0, 0.1) is 11.3 Å². The molecule has 3 aromatic rings. The van der Waals surface area contributed by atoms with Crippen molar-refractivity contribution < 1.29 is 13.6 Å². The highest BCUT2D eigenvalue weighted by Gasteiger charge is 2.19. The summed E-state index contributed by atoms with van der Waals surface area (Å²) in [6.07, 6.45) is 1.51. The zero-order chi connectivity index (χ0) is 17.8. The highest BCUT2D eigenvalue weighted by Crippen LogP contribution is 2.27. The van der Waals surface area contributed by atoms with Crippen molar-refractivity contribution in [1.82, 2.24) is 10.2 Å². The number of nitrogens with one attached hydrogen (secondary N) is 1. The zero-order valence-corrected chi connectivity index (χ0v) is 14.5. The first kappa shape index (κ1) is 17.1. The maximum absolute atomic E-state index is 12.3. The van der Waals surface area contributed by atoms with Crippen molar-refractivity contribution in [3.63, 3.8) is 0 Å². The summed E-state index contributed by atoms with van der Waals surface area (Å²) in [7, 11) is 0. The second-order valence-electron chi connectivity index (χ2n) is 4.91. The Kier molecular flexibility index (Phi) is 5.07. The lowest BCUT2D eigenvalue weighted by molar-refractivity contribution is -0.115. The number of furan rings is 1. The molecule has 9 heteroatoms. The van der Waals surface area contributed by atoms with E-state index in [4.69, 9.17) is 25.7 Å². The number of benzene rings is 1. The Morgan fingerprint density at radius 3 is 2.92 bits per heavy atom. The number of nitrogens with zero attached hydrogens (tertiary/aromatic N) is 3. The first-order chi connectivity index (χ1) is 12.1. The molecule has 1 atom stereocenters. The Labute approximate surface area is 152 Å². The summed E-state index contributed by atoms with van der Waals surface area (Å²) < 4.78 is 10.6. The molecule has 2 aromatic heterocycles. The van der Waals surface area contributed by atoms with Gasteiger partial charge in [-0.1, -0.05) is 23.4 Å². The predicted molar refractivity (Wildman–Crippen MR) is 92.1 cm³/mol. The number of rotatable bonds is 5. The number of carbonyl (C=O) groups is 1. The lowest BCUT2D eigenvalue weighted by Gasteiger charge is -2.10. The van der Waals surface area contributed by atoms with Gasteiger partial charge in [0.25, 0.3) is 11.1 Å². The Bertz CT molecular complexity index is 933. The van der Waals surface area contributed by atoms with E-state index < -0.39 is 5.25 Å². The van der Waals surface area contributed by atoms with Gasteiger partial charge in [0.15, 0.2) is 5.76 Å². The molecule has 126 valence electrons. The second kappa shape index (κ2) is 7.42. The molecule has 0 aliphatic carbocycles. The van der Waals surface area contributed by atoms with E-state index in [1.807, 2.05) is 6.07 Å². The second-order valence-corrected chi connectivity index (χ2v) is 6.61. The molecule has 0 saturated carbocycles. The van der Waals surface area contributed by atoms with Crippen LogP contribution in [0.5, 0.6) is 0 Å². The smallest absolute Gasteiger partial charge is 0.284 e. The maximum atomic E-state index is 12.3. The van der Waals surface area contributed by atoms with Crippen LogP contribution in [0.3, 0.4) is 0 Å². The van der Waals surface area contributed by atoms with Crippen molar-refractivity contribution in [1.29, 1.82) is 5.26 Å². The number of carbonyl (C=O) groups excluding carboxylic acids is 1. The molecule has 0 fully saturated rings. The highest BCUT2D eigenvalue weighted by molar-refractivity contribution is 8.00. The minimum atomic E-state index is -0.487. The lowest BCUT2D eigenvalue weighted by Crippen LogP contribution is -2.22. The monoisotopic (exact) mass is 374 g/mol. The third kappa shape index (κ3) is 4.02. The fourth-order valence-electron chi connectivity index (χ4n) is 1.89. The summed E-state index contributed by atoms with van der Waals surface area (Å²) in [5, 5.41) is 19.4. The predicted octanol–water partition coefficient (Wildman–Crippen LogP) is 3.97. The van der Waals surface area contributed by atoms with Crippen molar-refractivity contribution in [3.8, 4) is 17.7 Å². The normalized spacial score (nSPS) is 11.7. The van der Waals surface area contributed by atoms with Crippen LogP contribution < -0.4 is 5.32 Å². The minimum absolute atomic E-state index is 0.249. The quantitative estimate of drug-likeness (QED) is 0.673. The topological polar surface area (TPSA) is 105 Å². The summed E-state index contributed by atoms with van der Waals surface area (Å²) in [5.41, 5.74) is 0.849. The van der Waals surface area contributed by atoms with Gasteiger partial charge in [0.2, 0.25) is 5.91 Å². The Morgan fingerprint density at radius 1 is 1.40 bits per heavy atom. The molecule has 0 bridgehead atoms. The third-order valence-electron chi connectivity index (χ3n) is 3.14. The fraction of sp³-hybridized carbons (Fsp3) is 0.125. The Morgan fingerprint density at radius 2 is 2.24 bits per heavy atom. The molecule has 3 rings (SSSR count). The van der Waals surface area contributed by atoms with Gasteiger partial charge in [0.1, 0.15) is 6.07 Å². The zero-order valence-electron chi connectivity index (χ0n) is 12.9. The van der Waals surface area contributed by atoms with Crippen molar-refractivity contribution >= 4 is 35.0 Å². The molecule has 7 nitrogen and oxygen atoms in total. The summed E-state index contributed by atoms with van der Waals surface area (Å²) in [6, 6.07) is 10.1. The van der Waals surface area contributed by atoms with Gasteiger partial charge in [-0.2, -0.15) is 5.26 Å². The van der Waals surface area contributed by atoms with Gasteiger partial charge in [-0.05, 0) is 37.3 Å². The SMILES string of the molecule is C[C@H](Sc1nnc(-c2ccco2)o1)C(=O)Nc1ccc(C#N)c(Cl)c1. The molecule has 0 aliphatic rings. The molecule has 0 radical (unpaired) electrons. The van der Waals surface area contributed by atoms with E-state index in [1.54, 1.807) is 31.2 Å². The van der Waals surface area contributed by atoms with E-state index in [1.165, 1.54) is 12.3 Å². The van der Waals surface area contributed by atoms with E-state index in [0.29, 0.717) is 17.0 Å². The van der Waals surface area contributed by atoms with Gasteiger partial charge in [0.05, 0.1) is 22.1 Å². The summed E-state index contributed by atoms with van der Waals surface area (Å²) in [6.45, 7) is 1.71. The number of halogens is 1. The molecule has 2 heterocycles. The van der Waals surface area contributed by atoms with E-state index >= 15 is 0 Å². The van der Waals surface area contributed by atoms with Crippen molar-refractivity contribution in [2.45, 2.75) is 17.4 Å². The molecule has 1 N–H and O–H groups in total. The lowest BCUT2D eigenvalue weighted by atomic mass is 10.2. The van der Waals surface area contributed by atoms with Crippen LogP contribution in [0.2, 0.25) is 5.02 Å². The van der Waals surface area contributed by atoms with Crippen molar-refractivity contribution in [2.75, 3.05) is 5.32 Å². The van der Waals surface area contributed by atoms with Crippen LogP contribution >= 0.6 is 23.4 Å². The molecule has 1 amide bonds. The van der Waals surface area contributed by atoms with Crippen LogP contribution in [0.4, 0.5) is 5.69 Å². The molecule has 0 unspecified atom stereocenters. The van der Waals surface area contributed by atoms with Crippen molar-refractivity contribution in [3.05, 3.63) is 47.2 Å². The Balaban J connectivity index is 1.63. The van der Waals surface area contributed by atoms with E-state index in [9.17, 15) is 4.79 Å². The minimum Gasteiger partial charge on any atom is -0.459 e. The van der Waals surface area contributed by atoms with Crippen molar-refractivity contribution in [2.24, 2.45) is 0 Å². The average molecular weight is 375 g/mol. The van der Waals surface area contributed by atoms with E-state index in [0.717, 1.165) is 11.8 Å². The molecule has 0 aliphatic heterocycles. The van der Waals surface area contributed by atoms with Crippen LogP contribution in [-0.2, 0) is 4.79 Å². The van der Waals surface area contributed by atoms with Gasteiger partial charge in [-0.15, -0.1) is 10.2 Å². The molecule has 1 aromatic carbocycles. The van der Waals surface area contributed by atoms with Gasteiger partial charge >= 0.3 is 0 Å². The van der Waals surface area contributed by atoms with E-state index in [-0.39, 0.29) is 22.0 Å². The molecular formula is C16H11ClN4O3S. The highest BCUT2D eigenvalue weighted by atomic mass is 35.5. The Hall–Kier alpha value is -2.76. The number of anilines is 1. The molecular weight excluding hydrogens is 364 g/mol. The van der Waals surface area contributed by atoms with E-state index in [2.05, 4.69) is 15.5 Å². The average Bonchev–Trinajstić information content (AvgIpc) is 3.26. The number of nitriles is 1. The number of aromatic nitrogens is 2. The largest absolute Gasteiger partial charge is 0.459 e. The third-order valence-corrected chi connectivity index (χ3v) is 4.39. The standard InChI is InChI=1S/C16H11ClN4O3S/c1-9(14(22)19-11-5-4-10(8-18)12(17)7-11)25-16-21-20-15(24-16)13-3-2-6-23-13/h2-7,9H,1H3,(H,19,22)/t9-/m0/s1. The fourth-order valence-corrected chi connectivity index (χ4v) is 2.80. The molecule has 0 spiro atoms. The summed E-state index contributed by atoms with van der Waals surface area (Å²) in [4.78, 5) is 12.3. The first-order valence-corrected chi connectivity index (χ1v) is 8.37. The number of amides is 1. The number of hydrogen-bond acceptors (Lipinski definition) is 7. The molecule has 0 saturated heterocycles. The van der Waals surface area contributed by atoms with Crippen LogP contribution in [0.25, 0.3) is 11.7 Å². The van der Waals surface area contributed by atoms with Gasteiger partial charge in [-0.25, -0.2) is 0 Å². The summed E-state index contributed by atoms with van der Waals surface area (Å²) >= 11 is 7.07. The van der Waals surface area contributed by atoms with Crippen LogP contribution in [0.1, 0.15) is 12.5 Å². The molecule has 25 heavy (non-hydrogen) atoms. The van der Waals surface area contributed by atoms with Gasteiger partial charge in [0, 0.05) is 5.69 Å². The van der Waals surface area contributed by atoms with Gasteiger partial charge < -0.3 is 14.2 Å². The van der Waals surface area contributed by atoms with Crippen LogP contribution in [0.15, 0.2) is 50.7 Å².